The van der Waals surface area contributed by atoms with Gasteiger partial charge in [0.05, 0.1) is 30.7 Å². The molecule has 0 atom stereocenters. The predicted molar refractivity (Wildman–Crippen MR) is 148 cm³/mol. The first-order valence-electron chi connectivity index (χ1n) is 12.3. The van der Waals surface area contributed by atoms with Crippen LogP contribution in [0.15, 0.2) is 60.7 Å². The summed E-state index contributed by atoms with van der Waals surface area (Å²) in [4.78, 5) is 38.3. The van der Waals surface area contributed by atoms with Crippen LogP contribution in [0.1, 0.15) is 53.5 Å². The van der Waals surface area contributed by atoms with Crippen LogP contribution in [0.2, 0.25) is 0 Å². The van der Waals surface area contributed by atoms with Crippen LogP contribution in [0.25, 0.3) is 0 Å². The van der Waals surface area contributed by atoms with Gasteiger partial charge in [-0.2, -0.15) is 0 Å². The molecular formula is C29H33N3O7. The number of phenols is 1. The first-order chi connectivity index (χ1) is 18.5. The summed E-state index contributed by atoms with van der Waals surface area (Å²) in [7, 11) is 1.53. The van der Waals surface area contributed by atoms with Gasteiger partial charge in [0.25, 0.3) is 5.91 Å². The van der Waals surface area contributed by atoms with Crippen molar-refractivity contribution in [3.05, 3.63) is 77.4 Å². The molecule has 0 aliphatic heterocycles. The number of hydrogen-bond acceptors (Lipinski definition) is 8. The maximum Gasteiger partial charge on any atom is 0.407 e. The van der Waals surface area contributed by atoms with E-state index < -0.39 is 23.4 Å². The second-order valence-corrected chi connectivity index (χ2v) is 9.59. The van der Waals surface area contributed by atoms with Crippen LogP contribution in [0.4, 0.5) is 16.2 Å². The number of anilines is 2. The van der Waals surface area contributed by atoms with Crippen molar-refractivity contribution >= 4 is 29.2 Å². The molecule has 5 N–H and O–H groups in total. The zero-order chi connectivity index (χ0) is 28.6. The number of ketones is 1. The molecule has 0 bridgehead atoms. The quantitative estimate of drug-likeness (QED) is 0.165. The molecule has 0 aromatic heterocycles. The summed E-state index contributed by atoms with van der Waals surface area (Å²) in [6.45, 7) is 5.75. The molecule has 3 aromatic rings. The van der Waals surface area contributed by atoms with Gasteiger partial charge in [0.1, 0.15) is 22.8 Å². The normalized spacial score (nSPS) is 10.9. The minimum absolute atomic E-state index is 0.0889. The van der Waals surface area contributed by atoms with Crippen LogP contribution in [0.5, 0.6) is 17.2 Å². The lowest BCUT2D eigenvalue weighted by molar-refractivity contribution is 0.0525. The number of amides is 2. The fourth-order valence-electron chi connectivity index (χ4n) is 3.55. The Bertz CT molecular complexity index is 1330. The number of hydrogen-bond donors (Lipinski definition) is 4. The van der Waals surface area contributed by atoms with Gasteiger partial charge >= 0.3 is 6.09 Å². The van der Waals surface area contributed by atoms with Crippen molar-refractivity contribution in [1.29, 1.82) is 0 Å². The Morgan fingerprint density at radius 1 is 0.974 bits per heavy atom. The van der Waals surface area contributed by atoms with E-state index in [2.05, 4.69) is 10.6 Å². The number of benzene rings is 3. The molecule has 0 heterocycles. The van der Waals surface area contributed by atoms with Gasteiger partial charge in [-0.15, -0.1) is 0 Å². The molecule has 0 radical (unpaired) electrons. The van der Waals surface area contributed by atoms with E-state index in [-0.39, 0.29) is 47.2 Å². The van der Waals surface area contributed by atoms with Crippen molar-refractivity contribution in [2.24, 2.45) is 0 Å². The molecule has 3 rings (SSSR count). The minimum Gasteiger partial charge on any atom is -0.508 e. The molecule has 10 nitrogen and oxygen atoms in total. The lowest BCUT2D eigenvalue weighted by Crippen LogP contribution is -2.33. The number of carbonyl (C=O) groups is 3. The Morgan fingerprint density at radius 3 is 2.36 bits per heavy atom. The number of ether oxygens (including phenoxy) is 3. The van der Waals surface area contributed by atoms with Gasteiger partial charge in [0.2, 0.25) is 0 Å². The Morgan fingerprint density at radius 2 is 1.69 bits per heavy atom. The molecule has 0 aliphatic carbocycles. The van der Waals surface area contributed by atoms with Gasteiger partial charge in [0.15, 0.2) is 5.78 Å². The summed E-state index contributed by atoms with van der Waals surface area (Å²) in [5, 5.41) is 15.4. The third-order valence-corrected chi connectivity index (χ3v) is 5.39. The maximum absolute atomic E-state index is 13.6. The average molecular weight is 536 g/mol. The van der Waals surface area contributed by atoms with Crippen LogP contribution in [-0.4, -0.2) is 48.8 Å². The van der Waals surface area contributed by atoms with Gasteiger partial charge < -0.3 is 35.7 Å². The smallest absolute Gasteiger partial charge is 0.407 e. The van der Waals surface area contributed by atoms with Crippen molar-refractivity contribution in [3.8, 4) is 17.2 Å². The van der Waals surface area contributed by atoms with Crippen molar-refractivity contribution in [2.75, 3.05) is 31.3 Å². The van der Waals surface area contributed by atoms with E-state index in [1.807, 2.05) is 0 Å². The number of para-hydroxylation sites is 1. The molecule has 0 saturated heterocycles. The number of phenolic OH excluding ortho intramolecular Hbond substituents is 1. The largest absolute Gasteiger partial charge is 0.508 e. The van der Waals surface area contributed by atoms with Gasteiger partial charge in [0, 0.05) is 23.7 Å². The highest BCUT2D eigenvalue weighted by Gasteiger charge is 2.22. The fraction of sp³-hybridized carbons (Fsp3) is 0.276. The molecule has 10 heteroatoms. The zero-order valence-electron chi connectivity index (χ0n) is 22.4. The van der Waals surface area contributed by atoms with E-state index in [0.29, 0.717) is 17.7 Å². The Balaban J connectivity index is 1.75. The van der Waals surface area contributed by atoms with E-state index in [4.69, 9.17) is 19.9 Å². The van der Waals surface area contributed by atoms with E-state index in [0.717, 1.165) is 0 Å². The minimum atomic E-state index is -0.606. The van der Waals surface area contributed by atoms with E-state index in [1.54, 1.807) is 63.2 Å². The molecule has 0 spiro atoms. The van der Waals surface area contributed by atoms with Crippen LogP contribution in [0, 0.1) is 0 Å². The SMILES string of the molecule is COc1ccc(C(=O)Nc2c(N)cccc2C(=O)c2ccc(O)cc2OCCCNC(=O)OC(C)(C)C)cc1. The lowest BCUT2D eigenvalue weighted by Gasteiger charge is -2.19. The number of alkyl carbamates (subject to hydrolysis) is 1. The van der Waals surface area contributed by atoms with Crippen LogP contribution in [-0.2, 0) is 4.74 Å². The summed E-state index contributed by atoms with van der Waals surface area (Å²) in [6, 6.07) is 15.4. The topological polar surface area (TPSA) is 149 Å². The van der Waals surface area contributed by atoms with E-state index in [1.165, 1.54) is 25.3 Å². The predicted octanol–water partition coefficient (Wildman–Crippen LogP) is 4.76. The molecule has 206 valence electrons. The number of rotatable bonds is 10. The lowest BCUT2D eigenvalue weighted by atomic mass is 9.99. The van der Waals surface area contributed by atoms with Gasteiger partial charge in [-0.25, -0.2) is 4.79 Å². The van der Waals surface area contributed by atoms with Crippen LogP contribution < -0.4 is 25.8 Å². The van der Waals surface area contributed by atoms with E-state index >= 15 is 0 Å². The van der Waals surface area contributed by atoms with Crippen LogP contribution >= 0.6 is 0 Å². The number of methoxy groups -OCH3 is 1. The third-order valence-electron chi connectivity index (χ3n) is 5.39. The molecule has 0 unspecified atom stereocenters. The van der Waals surface area contributed by atoms with E-state index in [9.17, 15) is 19.5 Å². The molecule has 39 heavy (non-hydrogen) atoms. The molecule has 0 saturated carbocycles. The summed E-state index contributed by atoms with van der Waals surface area (Å²) in [6.07, 6.45) is -0.120. The number of nitrogen functional groups attached to an aromatic ring is 1. The van der Waals surface area contributed by atoms with Gasteiger partial charge in [-0.05, 0) is 75.7 Å². The highest BCUT2D eigenvalue weighted by Crippen LogP contribution is 2.31. The second-order valence-electron chi connectivity index (χ2n) is 9.59. The van der Waals surface area contributed by atoms with Crippen molar-refractivity contribution in [1.82, 2.24) is 5.32 Å². The van der Waals surface area contributed by atoms with Gasteiger partial charge in [-0.1, -0.05) is 6.07 Å². The fourth-order valence-corrected chi connectivity index (χ4v) is 3.55. The summed E-state index contributed by atoms with van der Waals surface area (Å²) in [5.41, 5.74) is 6.57. The van der Waals surface area contributed by atoms with Gasteiger partial charge in [-0.3, -0.25) is 9.59 Å². The Labute approximate surface area is 227 Å². The standard InChI is InChI=1S/C29H33N3O7/c1-29(2,3)39-28(36)31-15-6-16-38-24-17-19(33)11-14-21(24)26(34)22-7-5-8-23(30)25(22)32-27(35)18-9-12-20(37-4)13-10-18/h5,7-14,17,33H,6,15-16,30H2,1-4H3,(H,31,36)(H,32,35). The number of nitrogens with one attached hydrogen (secondary N) is 2. The Kier molecular flexibility index (Phi) is 9.38. The molecule has 0 fully saturated rings. The summed E-state index contributed by atoms with van der Waals surface area (Å²) >= 11 is 0. The highest BCUT2D eigenvalue weighted by molar-refractivity contribution is 6.18. The molecule has 3 aromatic carbocycles. The molecule has 2 amide bonds. The van der Waals surface area contributed by atoms with Crippen molar-refractivity contribution in [3.63, 3.8) is 0 Å². The number of nitrogens with two attached hydrogens (primary N) is 1. The first-order valence-corrected chi connectivity index (χ1v) is 12.3. The highest BCUT2D eigenvalue weighted by atomic mass is 16.6. The third kappa shape index (κ3) is 8.13. The second kappa shape index (κ2) is 12.7. The zero-order valence-corrected chi connectivity index (χ0v) is 22.4. The molecular weight excluding hydrogens is 502 g/mol. The van der Waals surface area contributed by atoms with Crippen molar-refractivity contribution < 1.29 is 33.7 Å². The first kappa shape index (κ1) is 28.8. The number of carbonyl (C=O) groups excluding carboxylic acids is 3. The molecule has 0 aliphatic rings. The number of aromatic hydroxyl groups is 1. The summed E-state index contributed by atoms with van der Waals surface area (Å²) in [5.74, 6) is -0.262. The monoisotopic (exact) mass is 535 g/mol. The van der Waals surface area contributed by atoms with Crippen molar-refractivity contribution in [2.45, 2.75) is 32.8 Å². The Hall–Kier alpha value is -4.73. The van der Waals surface area contributed by atoms with Crippen LogP contribution in [0.3, 0.4) is 0 Å². The maximum atomic E-state index is 13.6. The summed E-state index contributed by atoms with van der Waals surface area (Å²) < 4.78 is 16.1. The average Bonchev–Trinajstić information content (AvgIpc) is 2.88.